The fourth-order valence-electron chi connectivity index (χ4n) is 3.76. The number of likely N-dealkylation sites (tertiary alicyclic amines) is 2. The summed E-state index contributed by atoms with van der Waals surface area (Å²) < 4.78 is 0. The minimum Gasteiger partial charge on any atom is -0.361 e. The number of benzene rings is 1. The Morgan fingerprint density at radius 3 is 2.86 bits per heavy atom. The molecule has 0 aliphatic carbocycles. The normalized spacial score (nSPS) is 23.2. The molecule has 1 unspecified atom stereocenters. The van der Waals surface area contributed by atoms with Gasteiger partial charge in [0.2, 0.25) is 0 Å². The van der Waals surface area contributed by atoms with Crippen LogP contribution in [0.5, 0.6) is 0 Å². The van der Waals surface area contributed by atoms with Gasteiger partial charge < -0.3 is 9.88 Å². The van der Waals surface area contributed by atoms with Gasteiger partial charge in [-0.2, -0.15) is 0 Å². The first-order valence-electron chi connectivity index (χ1n) is 7.92. The van der Waals surface area contributed by atoms with E-state index in [1.807, 2.05) is 35.4 Å². The van der Waals surface area contributed by atoms with Crippen LogP contribution in [0.15, 0.2) is 30.5 Å². The second-order valence-corrected chi connectivity index (χ2v) is 6.18. The highest BCUT2D eigenvalue weighted by atomic mass is 16.2. The topological polar surface area (TPSA) is 39.3 Å². The third-order valence-corrected chi connectivity index (χ3v) is 4.93. The molecule has 2 aliphatic rings. The van der Waals surface area contributed by atoms with Crippen molar-refractivity contribution in [3.8, 4) is 0 Å². The lowest BCUT2D eigenvalue weighted by Crippen LogP contribution is -2.37. The van der Waals surface area contributed by atoms with Crippen molar-refractivity contribution in [1.82, 2.24) is 14.8 Å². The molecular weight excluding hydrogens is 262 g/mol. The van der Waals surface area contributed by atoms with Crippen LogP contribution in [0.3, 0.4) is 0 Å². The number of rotatable bonds is 2. The molecule has 4 rings (SSSR count). The molecule has 0 radical (unpaired) electrons. The van der Waals surface area contributed by atoms with E-state index in [2.05, 4.69) is 9.88 Å². The van der Waals surface area contributed by atoms with Gasteiger partial charge in [0.05, 0.1) is 11.1 Å². The summed E-state index contributed by atoms with van der Waals surface area (Å²) in [6.45, 7) is 4.19. The largest absolute Gasteiger partial charge is 0.361 e. The standard InChI is InChI=1S/C17H21N3O/c21-17(15-5-3-4-13-6-8-18-16(13)15)20-11-7-14(12-20)19-9-1-2-10-19/h3-6,8,14,18H,1-2,7,9-12H2. The number of nitrogens with zero attached hydrogens (tertiary/aromatic N) is 2. The molecule has 1 aromatic carbocycles. The Hall–Kier alpha value is -1.81. The van der Waals surface area contributed by atoms with E-state index in [4.69, 9.17) is 0 Å². The highest BCUT2D eigenvalue weighted by Crippen LogP contribution is 2.24. The number of H-pyrrole nitrogens is 1. The van der Waals surface area contributed by atoms with Crippen molar-refractivity contribution in [3.63, 3.8) is 0 Å². The van der Waals surface area contributed by atoms with Crippen molar-refractivity contribution in [1.29, 1.82) is 0 Å². The number of hydrogen-bond acceptors (Lipinski definition) is 2. The zero-order valence-electron chi connectivity index (χ0n) is 12.2. The second kappa shape index (κ2) is 5.19. The molecule has 2 saturated heterocycles. The molecule has 1 aromatic heterocycles. The van der Waals surface area contributed by atoms with Crippen molar-refractivity contribution >= 4 is 16.8 Å². The van der Waals surface area contributed by atoms with Gasteiger partial charge in [-0.05, 0) is 44.5 Å². The van der Waals surface area contributed by atoms with Crippen LogP contribution in [0.2, 0.25) is 0 Å². The monoisotopic (exact) mass is 283 g/mol. The summed E-state index contributed by atoms with van der Waals surface area (Å²) >= 11 is 0. The van der Waals surface area contributed by atoms with Gasteiger partial charge in [0.25, 0.3) is 5.91 Å². The van der Waals surface area contributed by atoms with Crippen molar-refractivity contribution < 1.29 is 4.79 Å². The fourth-order valence-corrected chi connectivity index (χ4v) is 3.76. The molecule has 1 atom stereocenters. The van der Waals surface area contributed by atoms with E-state index in [1.54, 1.807) is 0 Å². The van der Waals surface area contributed by atoms with E-state index in [0.717, 1.165) is 36.0 Å². The van der Waals surface area contributed by atoms with Gasteiger partial charge in [-0.25, -0.2) is 0 Å². The van der Waals surface area contributed by atoms with Crippen molar-refractivity contribution in [3.05, 3.63) is 36.0 Å². The SMILES string of the molecule is O=C(c1cccc2cc[nH]c12)N1CCC(N2CCCC2)C1. The van der Waals surface area contributed by atoms with Crippen molar-refractivity contribution in [2.45, 2.75) is 25.3 Å². The Balaban J connectivity index is 1.54. The Morgan fingerprint density at radius 2 is 2.00 bits per heavy atom. The lowest BCUT2D eigenvalue weighted by molar-refractivity contribution is 0.0782. The quantitative estimate of drug-likeness (QED) is 0.919. The summed E-state index contributed by atoms with van der Waals surface area (Å²) in [5, 5.41) is 1.11. The number of aromatic amines is 1. The van der Waals surface area contributed by atoms with Crippen molar-refractivity contribution in [2.24, 2.45) is 0 Å². The molecule has 2 aromatic rings. The second-order valence-electron chi connectivity index (χ2n) is 6.18. The molecule has 4 nitrogen and oxygen atoms in total. The lowest BCUT2D eigenvalue weighted by atomic mass is 10.1. The molecular formula is C17H21N3O. The highest BCUT2D eigenvalue weighted by Gasteiger charge is 2.32. The summed E-state index contributed by atoms with van der Waals surface area (Å²) in [5.74, 6) is 0.171. The van der Waals surface area contributed by atoms with E-state index in [0.29, 0.717) is 6.04 Å². The van der Waals surface area contributed by atoms with Crippen LogP contribution in [0.4, 0.5) is 0 Å². The van der Waals surface area contributed by atoms with Gasteiger partial charge >= 0.3 is 0 Å². The first-order chi connectivity index (χ1) is 10.3. The van der Waals surface area contributed by atoms with Crippen LogP contribution in [-0.2, 0) is 0 Å². The maximum absolute atomic E-state index is 12.8. The van der Waals surface area contributed by atoms with Gasteiger partial charge in [0.15, 0.2) is 0 Å². The molecule has 110 valence electrons. The van der Waals surface area contributed by atoms with Gasteiger partial charge in [-0.15, -0.1) is 0 Å². The number of amides is 1. The lowest BCUT2D eigenvalue weighted by Gasteiger charge is -2.23. The van der Waals surface area contributed by atoms with Crippen LogP contribution in [0.1, 0.15) is 29.6 Å². The number of fused-ring (bicyclic) bond motifs is 1. The Labute approximate surface area is 124 Å². The maximum atomic E-state index is 12.8. The van der Waals surface area contributed by atoms with Gasteiger partial charge in [-0.3, -0.25) is 9.69 Å². The van der Waals surface area contributed by atoms with E-state index in [-0.39, 0.29) is 5.91 Å². The molecule has 2 aliphatic heterocycles. The Morgan fingerprint density at radius 1 is 1.14 bits per heavy atom. The predicted molar refractivity (Wildman–Crippen MR) is 83.4 cm³/mol. The summed E-state index contributed by atoms with van der Waals surface area (Å²) in [4.78, 5) is 20.6. The Kier molecular flexibility index (Phi) is 3.19. The van der Waals surface area contributed by atoms with Gasteiger partial charge in [0, 0.05) is 30.7 Å². The average molecular weight is 283 g/mol. The highest BCUT2D eigenvalue weighted by molar-refractivity contribution is 6.05. The minimum atomic E-state index is 0.171. The van der Waals surface area contributed by atoms with Gasteiger partial charge in [-0.1, -0.05) is 12.1 Å². The molecule has 0 spiro atoms. The number of para-hydroxylation sites is 1. The summed E-state index contributed by atoms with van der Waals surface area (Å²) in [7, 11) is 0. The van der Waals surface area contributed by atoms with E-state index in [9.17, 15) is 4.79 Å². The van der Waals surface area contributed by atoms with Gasteiger partial charge in [0.1, 0.15) is 0 Å². The van der Waals surface area contributed by atoms with Crippen LogP contribution in [0, 0.1) is 0 Å². The molecule has 3 heterocycles. The third-order valence-electron chi connectivity index (χ3n) is 4.93. The number of aromatic nitrogens is 1. The van der Waals surface area contributed by atoms with E-state index in [1.165, 1.54) is 25.9 Å². The zero-order chi connectivity index (χ0) is 14.2. The number of carbonyl (C=O) groups is 1. The zero-order valence-corrected chi connectivity index (χ0v) is 12.2. The number of hydrogen-bond donors (Lipinski definition) is 1. The van der Waals surface area contributed by atoms with E-state index < -0.39 is 0 Å². The maximum Gasteiger partial charge on any atom is 0.256 e. The number of carbonyl (C=O) groups excluding carboxylic acids is 1. The number of nitrogens with one attached hydrogen (secondary N) is 1. The third kappa shape index (κ3) is 2.23. The first kappa shape index (κ1) is 12.9. The first-order valence-corrected chi connectivity index (χ1v) is 7.92. The average Bonchev–Trinajstić information content (AvgIpc) is 3.23. The molecule has 1 N–H and O–H groups in total. The predicted octanol–water partition coefficient (Wildman–Crippen LogP) is 2.48. The molecule has 0 bridgehead atoms. The van der Waals surface area contributed by atoms with Crippen LogP contribution in [0.25, 0.3) is 10.9 Å². The van der Waals surface area contributed by atoms with Crippen LogP contribution < -0.4 is 0 Å². The van der Waals surface area contributed by atoms with E-state index >= 15 is 0 Å². The molecule has 21 heavy (non-hydrogen) atoms. The van der Waals surface area contributed by atoms with Crippen molar-refractivity contribution in [2.75, 3.05) is 26.2 Å². The summed E-state index contributed by atoms with van der Waals surface area (Å²) in [6, 6.07) is 8.53. The summed E-state index contributed by atoms with van der Waals surface area (Å²) in [6.07, 6.45) is 5.64. The van der Waals surface area contributed by atoms with Crippen LogP contribution in [-0.4, -0.2) is 52.9 Å². The molecule has 2 fully saturated rings. The Bertz CT molecular complexity index is 657. The minimum absolute atomic E-state index is 0.171. The molecule has 4 heteroatoms. The summed E-state index contributed by atoms with van der Waals surface area (Å²) in [5.41, 5.74) is 1.77. The van der Waals surface area contributed by atoms with Crippen LogP contribution >= 0.6 is 0 Å². The molecule has 0 saturated carbocycles. The molecule has 1 amide bonds. The smallest absolute Gasteiger partial charge is 0.256 e. The fraction of sp³-hybridized carbons (Fsp3) is 0.471.